The van der Waals surface area contributed by atoms with E-state index in [9.17, 15) is 4.79 Å². The summed E-state index contributed by atoms with van der Waals surface area (Å²) in [6.45, 7) is 2.62. The standard InChI is InChI=1S/C31H26ClNO/c1-30(32,20-34)31(29-12-5-3-8-22(29)17-18-33-31)19-23-9-6-11-26-25(23)15-16-27-24-10-4-2-7-21(24)13-14-28(26)27/h2-16,20,33H,17-19H2,1H3. The van der Waals surface area contributed by atoms with Gasteiger partial charge in [-0.05, 0) is 68.8 Å². The Balaban J connectivity index is 1.58. The van der Waals surface area contributed by atoms with Crippen LogP contribution in [0.5, 0.6) is 0 Å². The van der Waals surface area contributed by atoms with Crippen LogP contribution < -0.4 is 5.32 Å². The molecule has 5 aromatic carbocycles. The van der Waals surface area contributed by atoms with Gasteiger partial charge >= 0.3 is 0 Å². The zero-order chi connectivity index (χ0) is 23.3. The fourth-order valence-electron chi connectivity index (χ4n) is 5.89. The van der Waals surface area contributed by atoms with Gasteiger partial charge in [-0.15, -0.1) is 11.6 Å². The minimum absolute atomic E-state index is 0.624. The van der Waals surface area contributed by atoms with Crippen LogP contribution in [0.15, 0.2) is 91.0 Å². The fraction of sp³-hybridized carbons (Fsp3) is 0.194. The van der Waals surface area contributed by atoms with Gasteiger partial charge in [0.05, 0.1) is 5.54 Å². The molecule has 5 aromatic rings. The molecule has 0 fully saturated rings. The Morgan fingerprint density at radius 1 is 0.824 bits per heavy atom. The predicted molar refractivity (Wildman–Crippen MR) is 143 cm³/mol. The van der Waals surface area contributed by atoms with Gasteiger partial charge in [0.15, 0.2) is 0 Å². The van der Waals surface area contributed by atoms with Crippen LogP contribution in [-0.2, 0) is 23.2 Å². The molecular weight excluding hydrogens is 438 g/mol. The molecular formula is C31H26ClNO. The van der Waals surface area contributed by atoms with E-state index in [-0.39, 0.29) is 0 Å². The molecule has 2 nitrogen and oxygen atoms in total. The number of nitrogens with one attached hydrogen (secondary N) is 1. The van der Waals surface area contributed by atoms with Gasteiger partial charge in [0.25, 0.3) is 0 Å². The molecule has 168 valence electrons. The SMILES string of the molecule is CC(Cl)(C=O)C1(Cc2cccc3c2ccc2c4ccccc4ccc32)NCCc2ccccc21. The molecule has 0 aromatic heterocycles. The first kappa shape index (κ1) is 21.3. The van der Waals surface area contributed by atoms with Crippen LogP contribution >= 0.6 is 11.6 Å². The van der Waals surface area contributed by atoms with E-state index >= 15 is 0 Å². The highest BCUT2D eigenvalue weighted by Crippen LogP contribution is 2.44. The number of halogens is 1. The zero-order valence-corrected chi connectivity index (χ0v) is 19.9. The predicted octanol–water partition coefficient (Wildman–Crippen LogP) is 6.93. The first-order valence-electron chi connectivity index (χ1n) is 11.8. The van der Waals surface area contributed by atoms with E-state index < -0.39 is 10.4 Å². The molecule has 0 aliphatic carbocycles. The number of aldehydes is 1. The summed E-state index contributed by atoms with van der Waals surface area (Å²) in [4.78, 5) is 11.2. The number of fused-ring (bicyclic) bond motifs is 6. The smallest absolute Gasteiger partial charge is 0.142 e. The van der Waals surface area contributed by atoms with Gasteiger partial charge in [-0.1, -0.05) is 91.0 Å². The van der Waals surface area contributed by atoms with Crippen molar-refractivity contribution in [2.45, 2.75) is 30.2 Å². The number of carbonyl (C=O) groups is 1. The van der Waals surface area contributed by atoms with Crippen molar-refractivity contribution in [1.82, 2.24) is 5.32 Å². The lowest BCUT2D eigenvalue weighted by molar-refractivity contribution is -0.111. The van der Waals surface area contributed by atoms with Gasteiger partial charge in [0.1, 0.15) is 11.2 Å². The number of hydrogen-bond donors (Lipinski definition) is 1. The number of alkyl halides is 1. The molecule has 3 heteroatoms. The molecule has 0 amide bonds. The third kappa shape index (κ3) is 3.10. The maximum Gasteiger partial charge on any atom is 0.142 e. The topological polar surface area (TPSA) is 29.1 Å². The largest absolute Gasteiger partial charge is 0.305 e. The highest BCUT2D eigenvalue weighted by Gasteiger charge is 2.50. The third-order valence-electron chi connectivity index (χ3n) is 7.68. The summed E-state index contributed by atoms with van der Waals surface area (Å²) in [6.07, 6.45) is 2.45. The molecule has 1 N–H and O–H groups in total. The summed E-state index contributed by atoms with van der Waals surface area (Å²) >= 11 is 7.01. The van der Waals surface area contributed by atoms with Crippen LogP contribution in [0.25, 0.3) is 32.3 Å². The molecule has 0 radical (unpaired) electrons. The van der Waals surface area contributed by atoms with E-state index in [1.165, 1.54) is 43.4 Å². The van der Waals surface area contributed by atoms with Crippen LogP contribution in [0, 0.1) is 0 Å². The number of rotatable bonds is 4. The summed E-state index contributed by atoms with van der Waals surface area (Å²) in [5, 5.41) is 11.1. The molecule has 6 rings (SSSR count). The van der Waals surface area contributed by atoms with Crippen molar-refractivity contribution in [2.24, 2.45) is 0 Å². The van der Waals surface area contributed by atoms with Crippen LogP contribution in [0.1, 0.15) is 23.6 Å². The lowest BCUT2D eigenvalue weighted by atomic mass is 9.70. The van der Waals surface area contributed by atoms with E-state index in [2.05, 4.69) is 90.2 Å². The molecule has 0 saturated carbocycles. The van der Waals surface area contributed by atoms with Gasteiger partial charge in [0.2, 0.25) is 0 Å². The summed E-state index contributed by atoms with van der Waals surface area (Å²) in [5.41, 5.74) is 2.87. The van der Waals surface area contributed by atoms with Crippen molar-refractivity contribution in [1.29, 1.82) is 0 Å². The van der Waals surface area contributed by atoms with Gasteiger partial charge in [-0.25, -0.2) is 0 Å². The van der Waals surface area contributed by atoms with Crippen molar-refractivity contribution in [2.75, 3.05) is 6.54 Å². The van der Waals surface area contributed by atoms with E-state index in [1.807, 2.05) is 13.0 Å². The Labute approximate surface area is 204 Å². The fourth-order valence-corrected chi connectivity index (χ4v) is 6.12. The van der Waals surface area contributed by atoms with Gasteiger partial charge in [0, 0.05) is 6.54 Å². The second-order valence-corrected chi connectivity index (χ2v) is 10.4. The van der Waals surface area contributed by atoms with E-state index in [0.717, 1.165) is 24.8 Å². The summed E-state index contributed by atoms with van der Waals surface area (Å²) in [5.74, 6) is 0. The molecule has 2 unspecified atom stereocenters. The Morgan fingerprint density at radius 2 is 1.50 bits per heavy atom. The zero-order valence-electron chi connectivity index (χ0n) is 19.1. The van der Waals surface area contributed by atoms with Crippen LogP contribution in [0.4, 0.5) is 0 Å². The number of hydrogen-bond acceptors (Lipinski definition) is 2. The molecule has 34 heavy (non-hydrogen) atoms. The van der Waals surface area contributed by atoms with Crippen LogP contribution in [-0.4, -0.2) is 17.7 Å². The first-order chi connectivity index (χ1) is 16.5. The summed E-state index contributed by atoms with van der Waals surface area (Å²) in [7, 11) is 0. The second kappa shape index (κ2) is 7.94. The van der Waals surface area contributed by atoms with Crippen LogP contribution in [0.3, 0.4) is 0 Å². The first-order valence-corrected chi connectivity index (χ1v) is 12.2. The van der Waals surface area contributed by atoms with Gasteiger partial charge in [-0.2, -0.15) is 0 Å². The molecule has 0 bridgehead atoms. The maximum absolute atomic E-state index is 12.3. The van der Waals surface area contributed by atoms with Crippen molar-refractivity contribution >= 4 is 50.2 Å². The van der Waals surface area contributed by atoms with Gasteiger partial charge < -0.3 is 10.1 Å². The van der Waals surface area contributed by atoms with Crippen molar-refractivity contribution < 1.29 is 4.79 Å². The minimum atomic E-state index is -1.10. The van der Waals surface area contributed by atoms with Gasteiger partial charge in [-0.3, -0.25) is 0 Å². The number of benzene rings is 5. The quantitative estimate of drug-likeness (QED) is 0.178. The average Bonchev–Trinajstić information content (AvgIpc) is 2.88. The maximum atomic E-state index is 12.3. The normalized spacial score (nSPS) is 19.7. The average molecular weight is 464 g/mol. The van der Waals surface area contributed by atoms with Crippen molar-refractivity contribution in [3.63, 3.8) is 0 Å². The molecule has 1 aliphatic rings. The summed E-state index contributed by atoms with van der Waals surface area (Å²) in [6, 6.07) is 32.3. The molecule has 0 spiro atoms. The highest BCUT2D eigenvalue weighted by atomic mass is 35.5. The Kier molecular flexibility index (Phi) is 4.98. The second-order valence-electron chi connectivity index (χ2n) is 9.57. The molecule has 1 aliphatic heterocycles. The highest BCUT2D eigenvalue weighted by molar-refractivity contribution is 6.32. The third-order valence-corrected chi connectivity index (χ3v) is 8.10. The van der Waals surface area contributed by atoms with E-state index in [4.69, 9.17) is 11.6 Å². The Hall–Kier alpha value is -3.20. The van der Waals surface area contributed by atoms with Crippen LogP contribution in [0.2, 0.25) is 0 Å². The lowest BCUT2D eigenvalue weighted by Gasteiger charge is -2.47. The molecule has 2 atom stereocenters. The molecule has 0 saturated heterocycles. The monoisotopic (exact) mass is 463 g/mol. The van der Waals surface area contributed by atoms with Crippen molar-refractivity contribution in [3.05, 3.63) is 108 Å². The molecule has 1 heterocycles. The minimum Gasteiger partial charge on any atom is -0.305 e. The summed E-state index contributed by atoms with van der Waals surface area (Å²) < 4.78 is 0. The Morgan fingerprint density at radius 3 is 2.38 bits per heavy atom. The number of carbonyl (C=O) groups excluding carboxylic acids is 1. The van der Waals surface area contributed by atoms with E-state index in [0.29, 0.717) is 6.42 Å². The van der Waals surface area contributed by atoms with Crippen molar-refractivity contribution in [3.8, 4) is 0 Å². The lowest BCUT2D eigenvalue weighted by Crippen LogP contribution is -2.61. The Bertz CT molecular complexity index is 1570. The van der Waals surface area contributed by atoms with E-state index in [1.54, 1.807) is 0 Å².